The number of carboxylic acid groups (broad SMARTS) is 1. The summed E-state index contributed by atoms with van der Waals surface area (Å²) in [5, 5.41) is 9.25. The van der Waals surface area contributed by atoms with Gasteiger partial charge < -0.3 is 14.6 Å². The smallest absolute Gasteiger partial charge is 0.321 e. The second-order valence-electron chi connectivity index (χ2n) is 4.67. The first-order valence-electron chi connectivity index (χ1n) is 5.56. The average molecular weight is 231 g/mol. The Balaban J connectivity index is 2.63. The zero-order chi connectivity index (χ0) is 12.2. The Hall–Kier alpha value is -0.650. The fourth-order valence-electron chi connectivity index (χ4n) is 1.81. The Morgan fingerprint density at radius 1 is 1.50 bits per heavy atom. The largest absolute Gasteiger partial charge is 0.480 e. The van der Waals surface area contributed by atoms with Crippen molar-refractivity contribution in [2.45, 2.75) is 31.9 Å². The first-order valence-corrected chi connectivity index (χ1v) is 5.56. The third-order valence-electron chi connectivity index (χ3n) is 3.01. The second kappa shape index (κ2) is 5.61. The summed E-state index contributed by atoms with van der Waals surface area (Å²) < 4.78 is 10.5. The van der Waals surface area contributed by atoms with Gasteiger partial charge in [-0.1, -0.05) is 0 Å². The normalized spacial score (nSPS) is 20.7. The van der Waals surface area contributed by atoms with Crippen LogP contribution in [0.2, 0.25) is 0 Å². The van der Waals surface area contributed by atoms with Gasteiger partial charge in [0.25, 0.3) is 0 Å². The lowest BCUT2D eigenvalue weighted by atomic mass is 9.97. The van der Waals surface area contributed by atoms with E-state index in [1.165, 1.54) is 0 Å². The summed E-state index contributed by atoms with van der Waals surface area (Å²) in [7, 11) is 1.61. The van der Waals surface area contributed by atoms with Gasteiger partial charge >= 0.3 is 5.97 Å². The van der Waals surface area contributed by atoms with E-state index < -0.39 is 17.6 Å². The molecule has 1 fully saturated rings. The third-order valence-corrected chi connectivity index (χ3v) is 3.01. The van der Waals surface area contributed by atoms with Crippen molar-refractivity contribution < 1.29 is 19.4 Å². The molecule has 0 aromatic heterocycles. The number of carboxylic acids is 1. The van der Waals surface area contributed by atoms with Crippen molar-refractivity contribution in [2.24, 2.45) is 0 Å². The highest BCUT2D eigenvalue weighted by Gasteiger charge is 2.33. The second-order valence-corrected chi connectivity index (χ2v) is 4.67. The van der Waals surface area contributed by atoms with Crippen LogP contribution in [-0.4, -0.2) is 61.0 Å². The van der Waals surface area contributed by atoms with Gasteiger partial charge in [0.2, 0.25) is 0 Å². The number of ether oxygens (including phenoxy) is 2. The lowest BCUT2D eigenvalue weighted by molar-refractivity contribution is -0.148. The number of hydrogen-bond donors (Lipinski definition) is 1. The van der Waals surface area contributed by atoms with Crippen molar-refractivity contribution in [2.75, 3.05) is 33.4 Å². The Kier molecular flexibility index (Phi) is 4.70. The van der Waals surface area contributed by atoms with Crippen LogP contribution < -0.4 is 0 Å². The zero-order valence-corrected chi connectivity index (χ0v) is 10.2. The molecule has 1 aliphatic rings. The molecule has 94 valence electrons. The Morgan fingerprint density at radius 3 is 2.50 bits per heavy atom. The van der Waals surface area contributed by atoms with Crippen LogP contribution in [0.15, 0.2) is 0 Å². The van der Waals surface area contributed by atoms with Crippen LogP contribution >= 0.6 is 0 Å². The molecule has 1 aliphatic heterocycles. The SMILES string of the molecule is COC(C)(C)CC(C(=O)O)N1CCOCC1. The highest BCUT2D eigenvalue weighted by atomic mass is 16.5. The van der Waals surface area contributed by atoms with E-state index >= 15 is 0 Å². The maximum atomic E-state index is 11.3. The molecule has 5 heteroatoms. The van der Waals surface area contributed by atoms with Crippen molar-refractivity contribution in [3.63, 3.8) is 0 Å². The van der Waals surface area contributed by atoms with Gasteiger partial charge in [0.1, 0.15) is 6.04 Å². The van der Waals surface area contributed by atoms with Crippen LogP contribution in [0.25, 0.3) is 0 Å². The summed E-state index contributed by atoms with van der Waals surface area (Å²) >= 11 is 0. The summed E-state index contributed by atoms with van der Waals surface area (Å²) in [5.41, 5.74) is -0.415. The highest BCUT2D eigenvalue weighted by Crippen LogP contribution is 2.20. The van der Waals surface area contributed by atoms with Gasteiger partial charge in [-0.3, -0.25) is 9.69 Å². The lowest BCUT2D eigenvalue weighted by Crippen LogP contribution is -2.50. The van der Waals surface area contributed by atoms with Crippen LogP contribution in [-0.2, 0) is 14.3 Å². The van der Waals surface area contributed by atoms with Crippen molar-refractivity contribution in [1.82, 2.24) is 4.90 Å². The average Bonchev–Trinajstić information content (AvgIpc) is 2.27. The number of rotatable bonds is 5. The highest BCUT2D eigenvalue weighted by molar-refractivity contribution is 5.73. The first kappa shape index (κ1) is 13.4. The standard InChI is InChI=1S/C11H21NO4/c1-11(2,15-3)8-9(10(13)14)12-4-6-16-7-5-12/h9H,4-8H2,1-3H3,(H,13,14). The number of nitrogens with zero attached hydrogens (tertiary/aromatic N) is 1. The maximum Gasteiger partial charge on any atom is 0.321 e. The van der Waals surface area contributed by atoms with E-state index in [-0.39, 0.29) is 0 Å². The van der Waals surface area contributed by atoms with Crippen molar-refractivity contribution in [3.8, 4) is 0 Å². The minimum absolute atomic E-state index is 0.415. The minimum atomic E-state index is -0.785. The molecule has 0 aliphatic carbocycles. The predicted molar refractivity (Wildman–Crippen MR) is 59.5 cm³/mol. The monoisotopic (exact) mass is 231 g/mol. The zero-order valence-electron chi connectivity index (χ0n) is 10.2. The number of hydrogen-bond acceptors (Lipinski definition) is 4. The fourth-order valence-corrected chi connectivity index (χ4v) is 1.81. The third kappa shape index (κ3) is 3.73. The van der Waals surface area contributed by atoms with Crippen LogP contribution in [0.5, 0.6) is 0 Å². The quantitative estimate of drug-likeness (QED) is 0.750. The molecule has 0 amide bonds. The van der Waals surface area contributed by atoms with Crippen LogP contribution in [0.1, 0.15) is 20.3 Å². The number of aliphatic carboxylic acids is 1. The van der Waals surface area contributed by atoms with Gasteiger partial charge in [0.15, 0.2) is 0 Å². The van der Waals surface area contributed by atoms with Crippen molar-refractivity contribution in [1.29, 1.82) is 0 Å². The lowest BCUT2D eigenvalue weighted by Gasteiger charge is -2.35. The molecule has 5 nitrogen and oxygen atoms in total. The van der Waals surface area contributed by atoms with Gasteiger partial charge in [0.05, 0.1) is 18.8 Å². The van der Waals surface area contributed by atoms with Crippen LogP contribution in [0.4, 0.5) is 0 Å². The molecule has 1 saturated heterocycles. The molecule has 16 heavy (non-hydrogen) atoms. The topological polar surface area (TPSA) is 59.0 Å². The molecule has 0 saturated carbocycles. The molecule has 0 aromatic carbocycles. The molecule has 1 heterocycles. The van der Waals surface area contributed by atoms with Gasteiger partial charge in [-0.15, -0.1) is 0 Å². The van der Waals surface area contributed by atoms with E-state index in [4.69, 9.17) is 9.47 Å². The number of morpholine rings is 1. The summed E-state index contributed by atoms with van der Waals surface area (Å²) in [6, 6.07) is -0.487. The van der Waals surface area contributed by atoms with Crippen molar-refractivity contribution in [3.05, 3.63) is 0 Å². The molecule has 0 aromatic rings. The summed E-state index contributed by atoms with van der Waals surface area (Å²) in [6.07, 6.45) is 0.485. The van der Waals surface area contributed by atoms with E-state index in [1.54, 1.807) is 7.11 Å². The number of carbonyl (C=O) groups is 1. The Morgan fingerprint density at radius 2 is 2.06 bits per heavy atom. The van der Waals surface area contributed by atoms with E-state index in [0.29, 0.717) is 32.7 Å². The van der Waals surface area contributed by atoms with Gasteiger partial charge in [-0.2, -0.15) is 0 Å². The van der Waals surface area contributed by atoms with Gasteiger partial charge in [0, 0.05) is 26.6 Å². The molecule has 1 N–H and O–H groups in total. The van der Waals surface area contributed by atoms with E-state index in [1.807, 2.05) is 18.7 Å². The molecular weight excluding hydrogens is 210 g/mol. The molecular formula is C11H21NO4. The minimum Gasteiger partial charge on any atom is -0.480 e. The van der Waals surface area contributed by atoms with Crippen molar-refractivity contribution >= 4 is 5.97 Å². The van der Waals surface area contributed by atoms with Gasteiger partial charge in [-0.05, 0) is 13.8 Å². The van der Waals surface area contributed by atoms with E-state index in [9.17, 15) is 9.90 Å². The summed E-state index contributed by atoms with van der Waals surface area (Å²) in [6.45, 7) is 6.38. The summed E-state index contributed by atoms with van der Waals surface area (Å²) in [4.78, 5) is 13.2. The molecule has 1 rings (SSSR count). The molecule has 0 spiro atoms. The Labute approximate surface area is 96.3 Å². The fraction of sp³-hybridized carbons (Fsp3) is 0.909. The predicted octanol–water partition coefficient (Wildman–Crippen LogP) is 0.587. The van der Waals surface area contributed by atoms with E-state index in [0.717, 1.165) is 0 Å². The maximum absolute atomic E-state index is 11.3. The summed E-state index contributed by atoms with van der Waals surface area (Å²) in [5.74, 6) is -0.785. The first-order chi connectivity index (χ1) is 7.46. The molecule has 1 atom stereocenters. The van der Waals surface area contributed by atoms with E-state index in [2.05, 4.69) is 0 Å². The molecule has 1 unspecified atom stereocenters. The van der Waals surface area contributed by atoms with Crippen LogP contribution in [0.3, 0.4) is 0 Å². The van der Waals surface area contributed by atoms with Gasteiger partial charge in [-0.25, -0.2) is 0 Å². The van der Waals surface area contributed by atoms with Crippen LogP contribution in [0, 0.1) is 0 Å². The Bertz CT molecular complexity index is 236. The molecule has 0 radical (unpaired) electrons. The number of methoxy groups -OCH3 is 1. The molecule has 0 bridgehead atoms.